The van der Waals surface area contributed by atoms with Gasteiger partial charge in [-0.3, -0.25) is 4.90 Å². The van der Waals surface area contributed by atoms with Crippen LogP contribution >= 0.6 is 0 Å². The molecule has 0 saturated heterocycles. The van der Waals surface area contributed by atoms with Crippen molar-refractivity contribution in [2.45, 2.75) is 52.3 Å². The van der Waals surface area contributed by atoms with Crippen molar-refractivity contribution < 1.29 is 19.7 Å². The summed E-state index contributed by atoms with van der Waals surface area (Å²) in [5, 5.41) is 18.1. The Morgan fingerprint density at radius 3 is 1.81 bits per heavy atom. The second-order valence-electron chi connectivity index (χ2n) is 4.95. The number of rotatable bonds is 4. The standard InChI is InChI=1S/C11H23NO4/c1-8(6-13)12(9(2)7-14)10(15)16-11(3,4)5/h8-9,13-14H,6-7H2,1-5H3/t8-,9?/m1/s1. The number of hydrogen-bond donors (Lipinski definition) is 2. The van der Waals surface area contributed by atoms with Crippen LogP contribution in [-0.2, 0) is 4.74 Å². The van der Waals surface area contributed by atoms with E-state index >= 15 is 0 Å². The van der Waals surface area contributed by atoms with Gasteiger partial charge in [0, 0.05) is 0 Å². The number of hydrogen-bond acceptors (Lipinski definition) is 4. The minimum Gasteiger partial charge on any atom is -0.444 e. The lowest BCUT2D eigenvalue weighted by atomic mass is 10.2. The third-order valence-corrected chi connectivity index (χ3v) is 2.08. The summed E-state index contributed by atoms with van der Waals surface area (Å²) in [4.78, 5) is 13.2. The SMILES string of the molecule is CC(CO)N(C(=O)OC(C)(C)C)[C@H](C)CO. The van der Waals surface area contributed by atoms with Crippen molar-refractivity contribution in [3.63, 3.8) is 0 Å². The Morgan fingerprint density at radius 1 is 1.19 bits per heavy atom. The number of aliphatic hydroxyl groups is 2. The molecule has 0 aliphatic heterocycles. The van der Waals surface area contributed by atoms with E-state index in [0.717, 1.165) is 0 Å². The van der Waals surface area contributed by atoms with Gasteiger partial charge in [-0.05, 0) is 34.6 Å². The predicted molar refractivity (Wildman–Crippen MR) is 61.2 cm³/mol. The number of nitrogens with zero attached hydrogens (tertiary/aromatic N) is 1. The van der Waals surface area contributed by atoms with Gasteiger partial charge < -0.3 is 14.9 Å². The Labute approximate surface area is 97.0 Å². The van der Waals surface area contributed by atoms with Crippen molar-refractivity contribution >= 4 is 6.09 Å². The van der Waals surface area contributed by atoms with Crippen LogP contribution in [0.5, 0.6) is 0 Å². The summed E-state index contributed by atoms with van der Waals surface area (Å²) in [6, 6.07) is -0.756. The topological polar surface area (TPSA) is 70.0 Å². The molecular weight excluding hydrogens is 210 g/mol. The lowest BCUT2D eigenvalue weighted by molar-refractivity contribution is -0.00549. The van der Waals surface area contributed by atoms with Gasteiger partial charge in [-0.1, -0.05) is 0 Å². The molecule has 2 atom stereocenters. The predicted octanol–water partition coefficient (Wildman–Crippen LogP) is 0.985. The van der Waals surface area contributed by atoms with Crippen molar-refractivity contribution in [3.8, 4) is 0 Å². The number of carbonyl (C=O) groups excluding carboxylic acids is 1. The summed E-state index contributed by atoms with van der Waals surface area (Å²) in [7, 11) is 0. The van der Waals surface area contributed by atoms with E-state index in [2.05, 4.69) is 0 Å². The van der Waals surface area contributed by atoms with Crippen LogP contribution < -0.4 is 0 Å². The van der Waals surface area contributed by atoms with E-state index in [1.54, 1.807) is 34.6 Å². The van der Waals surface area contributed by atoms with Crippen molar-refractivity contribution in [3.05, 3.63) is 0 Å². The zero-order chi connectivity index (χ0) is 12.9. The molecule has 0 aliphatic carbocycles. The van der Waals surface area contributed by atoms with Crippen LogP contribution in [0, 0.1) is 0 Å². The molecule has 1 amide bonds. The highest BCUT2D eigenvalue weighted by Gasteiger charge is 2.29. The van der Waals surface area contributed by atoms with E-state index in [-0.39, 0.29) is 25.3 Å². The van der Waals surface area contributed by atoms with E-state index in [1.165, 1.54) is 4.90 Å². The van der Waals surface area contributed by atoms with Crippen molar-refractivity contribution in [2.75, 3.05) is 13.2 Å². The Kier molecular flexibility index (Phi) is 5.75. The molecule has 1 unspecified atom stereocenters. The summed E-state index contributed by atoms with van der Waals surface area (Å²) < 4.78 is 5.21. The normalized spacial score (nSPS) is 15.4. The summed E-state index contributed by atoms with van der Waals surface area (Å²) in [6.45, 7) is 8.41. The molecule has 0 bridgehead atoms. The number of ether oxygens (including phenoxy) is 1. The third kappa shape index (κ3) is 4.81. The molecular formula is C11H23NO4. The highest BCUT2D eigenvalue weighted by atomic mass is 16.6. The molecule has 2 N–H and O–H groups in total. The Bertz CT molecular complexity index is 215. The lowest BCUT2D eigenvalue weighted by Gasteiger charge is -2.34. The number of aliphatic hydroxyl groups excluding tert-OH is 2. The molecule has 5 nitrogen and oxygen atoms in total. The number of amides is 1. The van der Waals surface area contributed by atoms with Gasteiger partial charge in [0.1, 0.15) is 5.60 Å². The van der Waals surface area contributed by atoms with Gasteiger partial charge in [0.05, 0.1) is 25.3 Å². The first kappa shape index (κ1) is 15.2. The molecule has 96 valence electrons. The quantitative estimate of drug-likeness (QED) is 0.759. The fraction of sp³-hybridized carbons (Fsp3) is 0.909. The summed E-state index contributed by atoms with van der Waals surface area (Å²) >= 11 is 0. The van der Waals surface area contributed by atoms with Crippen LogP contribution in [0.3, 0.4) is 0 Å². The minimum atomic E-state index is -0.584. The molecule has 0 aromatic rings. The summed E-state index contributed by atoms with van der Waals surface area (Å²) in [5.74, 6) is 0. The lowest BCUT2D eigenvalue weighted by Crippen LogP contribution is -2.49. The van der Waals surface area contributed by atoms with Gasteiger partial charge in [0.2, 0.25) is 0 Å². The minimum absolute atomic E-state index is 0.163. The van der Waals surface area contributed by atoms with Crippen molar-refractivity contribution in [1.29, 1.82) is 0 Å². The molecule has 0 radical (unpaired) electrons. The molecule has 0 aromatic carbocycles. The van der Waals surface area contributed by atoms with Gasteiger partial charge in [-0.2, -0.15) is 0 Å². The molecule has 0 aliphatic rings. The van der Waals surface area contributed by atoms with Crippen LogP contribution in [0.2, 0.25) is 0 Å². The van der Waals surface area contributed by atoms with E-state index in [9.17, 15) is 4.79 Å². The second-order valence-corrected chi connectivity index (χ2v) is 4.95. The van der Waals surface area contributed by atoms with Crippen LogP contribution in [0.1, 0.15) is 34.6 Å². The fourth-order valence-corrected chi connectivity index (χ4v) is 1.28. The zero-order valence-electron chi connectivity index (χ0n) is 10.7. The average molecular weight is 233 g/mol. The highest BCUT2D eigenvalue weighted by Crippen LogP contribution is 2.14. The van der Waals surface area contributed by atoms with Gasteiger partial charge in [0.25, 0.3) is 0 Å². The number of carbonyl (C=O) groups is 1. The van der Waals surface area contributed by atoms with Gasteiger partial charge in [0.15, 0.2) is 0 Å². The first-order chi connectivity index (χ1) is 7.22. The highest BCUT2D eigenvalue weighted by molar-refractivity contribution is 5.69. The first-order valence-corrected chi connectivity index (χ1v) is 5.46. The molecule has 0 spiro atoms. The van der Waals surface area contributed by atoms with Crippen LogP contribution in [0.25, 0.3) is 0 Å². The first-order valence-electron chi connectivity index (χ1n) is 5.46. The average Bonchev–Trinajstić information content (AvgIpc) is 2.14. The van der Waals surface area contributed by atoms with Crippen molar-refractivity contribution in [1.82, 2.24) is 4.90 Å². The van der Waals surface area contributed by atoms with Crippen LogP contribution in [0.15, 0.2) is 0 Å². The Balaban J connectivity index is 4.70. The molecule has 0 fully saturated rings. The smallest absolute Gasteiger partial charge is 0.410 e. The van der Waals surface area contributed by atoms with Crippen LogP contribution in [-0.4, -0.2) is 52.1 Å². The maximum Gasteiger partial charge on any atom is 0.410 e. The molecule has 5 heteroatoms. The largest absolute Gasteiger partial charge is 0.444 e. The second kappa shape index (κ2) is 6.06. The maximum atomic E-state index is 11.8. The third-order valence-electron chi connectivity index (χ3n) is 2.08. The molecule has 0 saturated carbocycles. The van der Waals surface area contributed by atoms with E-state index in [4.69, 9.17) is 14.9 Å². The molecule has 0 aromatic heterocycles. The van der Waals surface area contributed by atoms with Gasteiger partial charge in [-0.15, -0.1) is 0 Å². The fourth-order valence-electron chi connectivity index (χ4n) is 1.28. The van der Waals surface area contributed by atoms with E-state index in [0.29, 0.717) is 0 Å². The van der Waals surface area contributed by atoms with E-state index < -0.39 is 11.7 Å². The van der Waals surface area contributed by atoms with E-state index in [1.807, 2.05) is 0 Å². The Morgan fingerprint density at radius 2 is 1.56 bits per heavy atom. The van der Waals surface area contributed by atoms with Crippen molar-refractivity contribution in [2.24, 2.45) is 0 Å². The Hall–Kier alpha value is -0.810. The molecule has 16 heavy (non-hydrogen) atoms. The molecule has 0 rings (SSSR count). The maximum absolute atomic E-state index is 11.8. The van der Waals surface area contributed by atoms with Crippen LogP contribution in [0.4, 0.5) is 4.79 Å². The van der Waals surface area contributed by atoms with Gasteiger partial charge in [-0.25, -0.2) is 4.79 Å². The summed E-state index contributed by atoms with van der Waals surface area (Å²) in [5.41, 5.74) is -0.584. The zero-order valence-corrected chi connectivity index (χ0v) is 10.7. The van der Waals surface area contributed by atoms with Gasteiger partial charge >= 0.3 is 6.09 Å². The summed E-state index contributed by atoms with van der Waals surface area (Å²) in [6.07, 6.45) is -0.518. The molecule has 0 heterocycles. The monoisotopic (exact) mass is 233 g/mol.